The Labute approximate surface area is 113 Å². The molecule has 0 heterocycles. The molecular weight excluding hydrogens is 232 g/mol. The van der Waals surface area contributed by atoms with Crippen LogP contribution in [0.4, 0.5) is 0 Å². The third-order valence-corrected chi connectivity index (χ3v) is 4.38. The summed E-state index contributed by atoms with van der Waals surface area (Å²) in [6.07, 6.45) is 11.4. The van der Waals surface area contributed by atoms with E-state index in [4.69, 9.17) is 0 Å². The summed E-state index contributed by atoms with van der Waals surface area (Å²) >= 11 is 0. The zero-order valence-electron chi connectivity index (χ0n) is 11.5. The van der Waals surface area contributed by atoms with Crippen molar-refractivity contribution in [3.05, 3.63) is 0 Å². The molecule has 2 rings (SSSR count). The van der Waals surface area contributed by atoms with Crippen molar-refractivity contribution in [2.75, 3.05) is 13.6 Å². The zero-order valence-corrected chi connectivity index (χ0v) is 12.3. The lowest BCUT2D eigenvalue weighted by atomic mass is 10.1. The van der Waals surface area contributed by atoms with E-state index in [1.807, 2.05) is 0 Å². The van der Waals surface area contributed by atoms with Crippen LogP contribution in [0.5, 0.6) is 0 Å². The quantitative estimate of drug-likeness (QED) is 0.764. The van der Waals surface area contributed by atoms with Crippen LogP contribution in [0.3, 0.4) is 0 Å². The molecule has 0 saturated heterocycles. The Morgan fingerprint density at radius 2 is 1.65 bits per heavy atom. The third kappa shape index (κ3) is 5.15. The Bertz CT molecular complexity index is 196. The lowest BCUT2D eigenvalue weighted by Gasteiger charge is -2.27. The van der Waals surface area contributed by atoms with Gasteiger partial charge in [0, 0.05) is 24.7 Å². The third-order valence-electron chi connectivity index (χ3n) is 4.38. The van der Waals surface area contributed by atoms with E-state index in [0.717, 1.165) is 12.1 Å². The Hall–Kier alpha value is 0.210. The maximum atomic E-state index is 3.78. The molecular formula is C14H29ClN2. The van der Waals surface area contributed by atoms with E-state index >= 15 is 0 Å². The van der Waals surface area contributed by atoms with E-state index < -0.39 is 0 Å². The Morgan fingerprint density at radius 3 is 2.18 bits per heavy atom. The highest BCUT2D eigenvalue weighted by molar-refractivity contribution is 5.85. The molecule has 0 spiro atoms. The van der Waals surface area contributed by atoms with Crippen molar-refractivity contribution < 1.29 is 0 Å². The van der Waals surface area contributed by atoms with Crippen LogP contribution in [0.25, 0.3) is 0 Å². The molecule has 0 aliphatic heterocycles. The summed E-state index contributed by atoms with van der Waals surface area (Å²) in [5, 5.41) is 3.78. The highest BCUT2D eigenvalue weighted by Crippen LogP contribution is 2.26. The molecule has 2 aliphatic carbocycles. The van der Waals surface area contributed by atoms with Gasteiger partial charge >= 0.3 is 0 Å². The summed E-state index contributed by atoms with van der Waals surface area (Å²) in [5.74, 6) is 0. The molecule has 0 aromatic rings. The molecule has 17 heavy (non-hydrogen) atoms. The Morgan fingerprint density at radius 1 is 1.06 bits per heavy atom. The lowest BCUT2D eigenvalue weighted by Crippen LogP contribution is -2.42. The van der Waals surface area contributed by atoms with Gasteiger partial charge < -0.3 is 5.32 Å². The molecule has 0 aromatic heterocycles. The predicted octanol–water partition coefficient (Wildman–Crippen LogP) is 3.20. The van der Waals surface area contributed by atoms with Crippen LogP contribution in [-0.2, 0) is 0 Å². The van der Waals surface area contributed by atoms with Gasteiger partial charge in [0.25, 0.3) is 0 Å². The maximum absolute atomic E-state index is 3.78. The first-order valence-electron chi connectivity index (χ1n) is 7.22. The highest BCUT2D eigenvalue weighted by Gasteiger charge is 2.29. The second kappa shape index (κ2) is 7.60. The van der Waals surface area contributed by atoms with Crippen molar-refractivity contribution in [3.8, 4) is 0 Å². The molecule has 2 saturated carbocycles. The van der Waals surface area contributed by atoms with Crippen molar-refractivity contribution in [3.63, 3.8) is 0 Å². The molecule has 2 fully saturated rings. The number of halogens is 1. The number of hydrogen-bond acceptors (Lipinski definition) is 2. The van der Waals surface area contributed by atoms with Gasteiger partial charge in [-0.1, -0.05) is 25.7 Å². The summed E-state index contributed by atoms with van der Waals surface area (Å²) in [5.41, 5.74) is 0. The Kier molecular flexibility index (Phi) is 6.83. The van der Waals surface area contributed by atoms with E-state index in [-0.39, 0.29) is 12.4 Å². The highest BCUT2D eigenvalue weighted by atomic mass is 35.5. The van der Waals surface area contributed by atoms with Crippen LogP contribution in [-0.4, -0.2) is 36.6 Å². The second-order valence-corrected chi connectivity index (χ2v) is 5.84. The fourth-order valence-corrected chi connectivity index (χ4v) is 2.81. The van der Waals surface area contributed by atoms with Gasteiger partial charge in [0.05, 0.1) is 0 Å². The number of likely N-dealkylation sites (N-methyl/N-ethyl adjacent to an activating group) is 1. The number of nitrogens with zero attached hydrogens (tertiary/aromatic N) is 1. The summed E-state index contributed by atoms with van der Waals surface area (Å²) in [6.45, 7) is 3.54. The van der Waals surface area contributed by atoms with E-state index in [1.165, 1.54) is 57.9 Å². The van der Waals surface area contributed by atoms with Crippen LogP contribution in [0.15, 0.2) is 0 Å². The van der Waals surface area contributed by atoms with Gasteiger partial charge in [0.2, 0.25) is 0 Å². The van der Waals surface area contributed by atoms with Gasteiger partial charge in [-0.25, -0.2) is 0 Å². The van der Waals surface area contributed by atoms with Gasteiger partial charge in [-0.05, 0) is 39.7 Å². The van der Waals surface area contributed by atoms with Crippen LogP contribution < -0.4 is 5.32 Å². The number of rotatable bonds is 5. The minimum Gasteiger partial charge on any atom is -0.312 e. The first-order chi connectivity index (χ1) is 7.77. The molecule has 0 amide bonds. The molecule has 0 radical (unpaired) electrons. The molecule has 1 atom stereocenters. The van der Waals surface area contributed by atoms with Crippen LogP contribution in [0, 0.1) is 0 Å². The van der Waals surface area contributed by atoms with Crippen molar-refractivity contribution in [1.29, 1.82) is 0 Å². The first kappa shape index (κ1) is 15.3. The molecule has 1 unspecified atom stereocenters. The van der Waals surface area contributed by atoms with Gasteiger partial charge in [-0.2, -0.15) is 0 Å². The van der Waals surface area contributed by atoms with Crippen LogP contribution in [0.2, 0.25) is 0 Å². The smallest absolute Gasteiger partial charge is 0.0192 e. The lowest BCUT2D eigenvalue weighted by molar-refractivity contribution is 0.233. The molecule has 0 bridgehead atoms. The first-order valence-corrected chi connectivity index (χ1v) is 7.22. The van der Waals surface area contributed by atoms with Gasteiger partial charge in [0.15, 0.2) is 0 Å². The average Bonchev–Trinajstić information content (AvgIpc) is 3.11. The fourth-order valence-electron chi connectivity index (χ4n) is 2.81. The minimum atomic E-state index is 0. The monoisotopic (exact) mass is 260 g/mol. The molecule has 3 heteroatoms. The van der Waals surface area contributed by atoms with Crippen molar-refractivity contribution in [2.24, 2.45) is 0 Å². The topological polar surface area (TPSA) is 15.3 Å². The molecule has 102 valence electrons. The maximum Gasteiger partial charge on any atom is 0.0192 e. The molecule has 1 N–H and O–H groups in total. The molecule has 2 aliphatic rings. The van der Waals surface area contributed by atoms with Crippen molar-refractivity contribution in [2.45, 2.75) is 76.4 Å². The van der Waals surface area contributed by atoms with E-state index in [2.05, 4.69) is 24.2 Å². The van der Waals surface area contributed by atoms with Gasteiger partial charge in [-0.15, -0.1) is 12.4 Å². The average molecular weight is 261 g/mol. The minimum absolute atomic E-state index is 0. The van der Waals surface area contributed by atoms with E-state index in [9.17, 15) is 0 Å². The van der Waals surface area contributed by atoms with E-state index in [0.29, 0.717) is 6.04 Å². The molecule has 2 nitrogen and oxygen atoms in total. The van der Waals surface area contributed by atoms with Gasteiger partial charge in [0.1, 0.15) is 0 Å². The SMILES string of the molecule is CC(CNC1CCCCCC1)N(C)C1CC1.Cl. The predicted molar refractivity (Wildman–Crippen MR) is 77.0 cm³/mol. The number of nitrogens with one attached hydrogen (secondary N) is 1. The van der Waals surface area contributed by atoms with E-state index in [1.54, 1.807) is 0 Å². The number of hydrogen-bond donors (Lipinski definition) is 1. The summed E-state index contributed by atoms with van der Waals surface area (Å²) in [4.78, 5) is 2.56. The standard InChI is InChI=1S/C14H28N2.ClH/c1-12(16(2)14-9-10-14)11-15-13-7-5-3-4-6-8-13;/h12-15H,3-11H2,1-2H3;1H. The Balaban J connectivity index is 0.00000144. The summed E-state index contributed by atoms with van der Waals surface area (Å²) < 4.78 is 0. The van der Waals surface area contributed by atoms with Crippen molar-refractivity contribution >= 4 is 12.4 Å². The normalized spacial score (nSPS) is 24.2. The fraction of sp³-hybridized carbons (Fsp3) is 1.00. The largest absolute Gasteiger partial charge is 0.312 e. The van der Waals surface area contributed by atoms with Gasteiger partial charge in [-0.3, -0.25) is 4.90 Å². The van der Waals surface area contributed by atoms with Crippen LogP contribution >= 0.6 is 12.4 Å². The molecule has 0 aromatic carbocycles. The van der Waals surface area contributed by atoms with Crippen LogP contribution in [0.1, 0.15) is 58.3 Å². The zero-order chi connectivity index (χ0) is 11.4. The summed E-state index contributed by atoms with van der Waals surface area (Å²) in [7, 11) is 2.29. The summed E-state index contributed by atoms with van der Waals surface area (Å²) in [6, 6.07) is 2.40. The van der Waals surface area contributed by atoms with Crippen molar-refractivity contribution in [1.82, 2.24) is 10.2 Å². The second-order valence-electron chi connectivity index (χ2n) is 5.84.